The van der Waals surface area contributed by atoms with Crippen LogP contribution in [0, 0.1) is 0 Å². The van der Waals surface area contributed by atoms with E-state index in [9.17, 15) is 4.79 Å². The summed E-state index contributed by atoms with van der Waals surface area (Å²) in [5, 5.41) is 15.0. The summed E-state index contributed by atoms with van der Waals surface area (Å²) < 4.78 is 2.30. The van der Waals surface area contributed by atoms with Gasteiger partial charge in [-0.3, -0.25) is 9.79 Å². The second kappa shape index (κ2) is 9.71. The van der Waals surface area contributed by atoms with Crippen molar-refractivity contribution in [3.63, 3.8) is 0 Å². The van der Waals surface area contributed by atoms with E-state index in [1.807, 2.05) is 32.7 Å². The molecule has 1 aromatic rings. The first-order valence-electron chi connectivity index (χ1n) is 9.94. The summed E-state index contributed by atoms with van der Waals surface area (Å²) in [7, 11) is 3.61. The molecule has 2 heterocycles. The number of hydrogen-bond acceptors (Lipinski definition) is 4. The van der Waals surface area contributed by atoms with Crippen LogP contribution in [0.25, 0.3) is 0 Å². The van der Waals surface area contributed by atoms with Gasteiger partial charge in [-0.2, -0.15) is 0 Å². The smallest absolute Gasteiger partial charge is 0.240 e. The first kappa shape index (κ1) is 21.2. The highest BCUT2D eigenvalue weighted by molar-refractivity contribution is 5.86. The zero-order chi connectivity index (χ0) is 19.9. The van der Waals surface area contributed by atoms with E-state index in [1.54, 1.807) is 7.05 Å². The lowest BCUT2D eigenvalue weighted by Gasteiger charge is -2.25. The van der Waals surface area contributed by atoms with Crippen LogP contribution >= 0.6 is 0 Å². The van der Waals surface area contributed by atoms with Gasteiger partial charge in [0.1, 0.15) is 11.6 Å². The Balaban J connectivity index is 1.76. The van der Waals surface area contributed by atoms with Gasteiger partial charge in [-0.25, -0.2) is 0 Å². The van der Waals surface area contributed by atoms with Crippen molar-refractivity contribution in [2.45, 2.75) is 71.4 Å². The fourth-order valence-corrected chi connectivity index (χ4v) is 3.31. The number of aliphatic imine (C=N–C) groups is 1. The van der Waals surface area contributed by atoms with Gasteiger partial charge in [-0.05, 0) is 40.0 Å². The van der Waals surface area contributed by atoms with Gasteiger partial charge in [-0.1, -0.05) is 6.42 Å². The predicted octanol–water partition coefficient (Wildman–Crippen LogP) is 1.36. The summed E-state index contributed by atoms with van der Waals surface area (Å²) in [6.07, 6.45) is 6.58. The molecule has 0 saturated carbocycles. The number of aromatic nitrogens is 3. The number of amides is 1. The maximum atomic E-state index is 12.1. The highest BCUT2D eigenvalue weighted by Gasteiger charge is 2.17. The largest absolute Gasteiger partial charge is 0.356 e. The van der Waals surface area contributed by atoms with Crippen LogP contribution in [-0.2, 0) is 24.2 Å². The summed E-state index contributed by atoms with van der Waals surface area (Å²) in [5.74, 6) is 2.93. The molecule has 1 amide bonds. The van der Waals surface area contributed by atoms with Crippen molar-refractivity contribution in [3.05, 3.63) is 11.6 Å². The Kier molecular flexibility index (Phi) is 7.62. The molecule has 27 heavy (non-hydrogen) atoms. The first-order valence-corrected chi connectivity index (χ1v) is 9.94. The molecule has 1 aromatic heterocycles. The van der Waals surface area contributed by atoms with Crippen molar-refractivity contribution in [1.82, 2.24) is 30.3 Å². The number of hydrogen-bond donors (Lipinski definition) is 2. The lowest BCUT2D eigenvalue weighted by atomic mass is 10.1. The van der Waals surface area contributed by atoms with Gasteiger partial charge in [-0.15, -0.1) is 10.2 Å². The van der Waals surface area contributed by atoms with Crippen LogP contribution < -0.4 is 10.6 Å². The van der Waals surface area contributed by atoms with Crippen molar-refractivity contribution >= 4 is 11.9 Å². The minimum atomic E-state index is -0.231. The Bertz CT molecular complexity index is 645. The quantitative estimate of drug-likeness (QED) is 0.444. The Morgan fingerprint density at radius 3 is 2.74 bits per heavy atom. The number of guanidine groups is 1. The third-order valence-corrected chi connectivity index (χ3v) is 4.51. The number of carbonyl (C=O) groups excluding carboxylic acids is 1. The van der Waals surface area contributed by atoms with E-state index in [0.717, 1.165) is 50.0 Å². The summed E-state index contributed by atoms with van der Waals surface area (Å²) in [6, 6.07) is 0. The Hall–Kier alpha value is -2.12. The highest BCUT2D eigenvalue weighted by Crippen LogP contribution is 2.15. The number of carbonyl (C=O) groups is 1. The summed E-state index contributed by atoms with van der Waals surface area (Å²) in [6.45, 7) is 8.02. The average molecular weight is 378 g/mol. The topological polar surface area (TPSA) is 87.4 Å². The number of nitrogens with zero attached hydrogens (tertiary/aromatic N) is 5. The number of fused-ring (bicyclic) bond motifs is 1. The molecule has 2 rings (SSSR count). The molecule has 0 saturated heterocycles. The second-order valence-corrected chi connectivity index (χ2v) is 8.23. The second-order valence-electron chi connectivity index (χ2n) is 8.23. The maximum absolute atomic E-state index is 12.1. The van der Waals surface area contributed by atoms with Crippen LogP contribution in [0.4, 0.5) is 0 Å². The normalized spacial score (nSPS) is 15.1. The number of rotatable bonds is 6. The molecule has 0 bridgehead atoms. The van der Waals surface area contributed by atoms with Gasteiger partial charge in [0.15, 0.2) is 5.96 Å². The third-order valence-electron chi connectivity index (χ3n) is 4.51. The molecule has 0 unspecified atom stereocenters. The van der Waals surface area contributed by atoms with Crippen molar-refractivity contribution in [3.8, 4) is 0 Å². The van der Waals surface area contributed by atoms with E-state index in [2.05, 4.69) is 30.4 Å². The lowest BCUT2D eigenvalue weighted by molar-refractivity contribution is -0.122. The Labute approximate surface area is 162 Å². The zero-order valence-electron chi connectivity index (χ0n) is 17.5. The highest BCUT2D eigenvalue weighted by atomic mass is 16.2. The molecule has 0 aromatic carbocycles. The van der Waals surface area contributed by atoms with Crippen LogP contribution in [-0.4, -0.2) is 64.3 Å². The van der Waals surface area contributed by atoms with E-state index in [0.29, 0.717) is 0 Å². The minimum absolute atomic E-state index is 0.0147. The molecule has 1 aliphatic heterocycles. The molecule has 8 nitrogen and oxygen atoms in total. The SMILES string of the molecule is CN=C(NCCCc1nnc2n1CCCCC2)N(C)CC(=O)NC(C)(C)C. The van der Waals surface area contributed by atoms with Gasteiger partial charge in [0.25, 0.3) is 0 Å². The van der Waals surface area contributed by atoms with E-state index < -0.39 is 0 Å². The maximum Gasteiger partial charge on any atom is 0.240 e. The molecule has 8 heteroatoms. The predicted molar refractivity (Wildman–Crippen MR) is 108 cm³/mol. The molecule has 0 spiro atoms. The zero-order valence-corrected chi connectivity index (χ0v) is 17.5. The summed E-state index contributed by atoms with van der Waals surface area (Å²) >= 11 is 0. The third kappa shape index (κ3) is 6.84. The monoisotopic (exact) mass is 377 g/mol. The van der Waals surface area contributed by atoms with Gasteiger partial charge in [0.2, 0.25) is 5.91 Å². The lowest BCUT2D eigenvalue weighted by Crippen LogP contribution is -2.48. The molecule has 0 atom stereocenters. The molecule has 152 valence electrons. The van der Waals surface area contributed by atoms with Crippen LogP contribution in [0.3, 0.4) is 0 Å². The fourth-order valence-electron chi connectivity index (χ4n) is 3.31. The van der Waals surface area contributed by atoms with Crippen LogP contribution in [0.1, 0.15) is 58.1 Å². The fraction of sp³-hybridized carbons (Fsp3) is 0.789. The average Bonchev–Trinajstić information content (AvgIpc) is 2.80. The first-order chi connectivity index (χ1) is 12.8. The number of aryl methyl sites for hydroxylation is 2. The van der Waals surface area contributed by atoms with Crippen LogP contribution in [0.15, 0.2) is 4.99 Å². The van der Waals surface area contributed by atoms with Gasteiger partial charge < -0.3 is 20.1 Å². The summed E-state index contributed by atoms with van der Waals surface area (Å²) in [4.78, 5) is 18.2. The van der Waals surface area contributed by atoms with Crippen molar-refractivity contribution in [2.75, 3.05) is 27.2 Å². The molecule has 0 fully saturated rings. The standard InChI is InChI=1S/C19H35N7O/c1-19(2,3)22-17(27)14-25(5)18(20-4)21-12-9-11-16-24-23-15-10-7-6-8-13-26(15)16/h6-14H2,1-5H3,(H,20,21)(H,22,27). The van der Waals surface area contributed by atoms with E-state index >= 15 is 0 Å². The van der Waals surface area contributed by atoms with E-state index in [-0.39, 0.29) is 18.0 Å². The number of nitrogens with one attached hydrogen (secondary N) is 2. The van der Waals surface area contributed by atoms with E-state index in [4.69, 9.17) is 0 Å². The number of likely N-dealkylation sites (N-methyl/N-ethyl adjacent to an activating group) is 1. The van der Waals surface area contributed by atoms with Crippen molar-refractivity contribution < 1.29 is 4.79 Å². The van der Waals surface area contributed by atoms with Gasteiger partial charge in [0.05, 0.1) is 6.54 Å². The molecular formula is C19H35N7O. The van der Waals surface area contributed by atoms with Gasteiger partial charge in [0, 0.05) is 45.6 Å². The van der Waals surface area contributed by atoms with Crippen molar-refractivity contribution in [1.29, 1.82) is 0 Å². The molecule has 2 N–H and O–H groups in total. The summed E-state index contributed by atoms with van der Waals surface area (Å²) in [5.41, 5.74) is -0.231. The van der Waals surface area contributed by atoms with Crippen LogP contribution in [0.2, 0.25) is 0 Å². The Morgan fingerprint density at radius 1 is 1.26 bits per heavy atom. The molecule has 1 aliphatic rings. The Morgan fingerprint density at radius 2 is 2.04 bits per heavy atom. The minimum Gasteiger partial charge on any atom is -0.356 e. The van der Waals surface area contributed by atoms with Crippen LogP contribution in [0.5, 0.6) is 0 Å². The van der Waals surface area contributed by atoms with E-state index in [1.165, 1.54) is 19.3 Å². The molecule has 0 radical (unpaired) electrons. The molecule has 0 aliphatic carbocycles. The van der Waals surface area contributed by atoms with Crippen molar-refractivity contribution in [2.24, 2.45) is 4.99 Å². The van der Waals surface area contributed by atoms with Gasteiger partial charge >= 0.3 is 0 Å². The molecular weight excluding hydrogens is 342 g/mol.